The lowest BCUT2D eigenvalue weighted by molar-refractivity contribution is -0.119. The molecule has 3 aliphatic rings. The van der Waals surface area contributed by atoms with Gasteiger partial charge in [-0.1, -0.05) is 6.92 Å². The molecule has 5 rings (SSSR count). The van der Waals surface area contributed by atoms with Crippen molar-refractivity contribution in [1.29, 1.82) is 0 Å². The molecule has 4 unspecified atom stereocenters. The highest BCUT2D eigenvalue weighted by molar-refractivity contribution is 6.09. The molecule has 2 aliphatic heterocycles. The van der Waals surface area contributed by atoms with Crippen LogP contribution in [0.4, 0.5) is 5.69 Å². The Morgan fingerprint density at radius 3 is 2.56 bits per heavy atom. The number of hydrogen-bond acceptors (Lipinski definition) is 7. The molecule has 0 bridgehead atoms. The van der Waals surface area contributed by atoms with Crippen LogP contribution in [-0.4, -0.2) is 44.2 Å². The van der Waals surface area contributed by atoms with Gasteiger partial charge in [0, 0.05) is 43.1 Å². The Balaban J connectivity index is 1.45. The van der Waals surface area contributed by atoms with Gasteiger partial charge in [0.1, 0.15) is 5.71 Å². The first-order valence-electron chi connectivity index (χ1n) is 12.1. The van der Waals surface area contributed by atoms with Crippen molar-refractivity contribution in [2.24, 2.45) is 28.0 Å². The molecule has 2 aromatic rings. The zero-order chi connectivity index (χ0) is 23.5. The van der Waals surface area contributed by atoms with Gasteiger partial charge in [-0.2, -0.15) is 10.2 Å². The smallest absolute Gasteiger partial charge is 0.224 e. The van der Waals surface area contributed by atoms with Crippen molar-refractivity contribution < 1.29 is 9.59 Å². The first-order chi connectivity index (χ1) is 16.6. The number of carbonyl (C=O) groups is 2. The molecule has 2 amide bonds. The first-order valence-corrected chi connectivity index (χ1v) is 12.1. The molecular weight excluding hydrogens is 430 g/mol. The van der Waals surface area contributed by atoms with Crippen LogP contribution in [0.3, 0.4) is 0 Å². The summed E-state index contributed by atoms with van der Waals surface area (Å²) in [7, 11) is 0. The Kier molecular flexibility index (Phi) is 6.42. The van der Waals surface area contributed by atoms with Gasteiger partial charge in [-0.25, -0.2) is 9.97 Å². The van der Waals surface area contributed by atoms with Crippen molar-refractivity contribution in [1.82, 2.24) is 20.3 Å². The molecule has 9 nitrogen and oxygen atoms in total. The predicted octanol–water partition coefficient (Wildman–Crippen LogP) is 3.13. The standard InChI is InChI=1S/C25H29N7O2/c1-2-4-21(33)29-16-6-9-20(28-14-16)23-17-7-5-15-13-22(34)30-19(15)10-8-18(17)24(32-31-23)25-26-11-3-12-27-25/h3,6,9,11-12,14-15,17-19H,2,4-5,7-8,10,13H2,1H3,(H,29,33)(H,30,34). The Morgan fingerprint density at radius 2 is 1.79 bits per heavy atom. The fourth-order valence-corrected chi connectivity index (χ4v) is 5.39. The van der Waals surface area contributed by atoms with E-state index < -0.39 is 0 Å². The number of rotatable bonds is 5. The molecule has 2 fully saturated rings. The maximum absolute atomic E-state index is 12.1. The average molecular weight is 460 g/mol. The van der Waals surface area contributed by atoms with Gasteiger partial charge in [-0.3, -0.25) is 14.6 Å². The second kappa shape index (κ2) is 9.79. The highest BCUT2D eigenvalue weighted by Crippen LogP contribution is 2.39. The van der Waals surface area contributed by atoms with Gasteiger partial charge in [0.25, 0.3) is 0 Å². The van der Waals surface area contributed by atoms with Gasteiger partial charge < -0.3 is 10.6 Å². The number of nitrogens with zero attached hydrogens (tertiary/aromatic N) is 5. The molecule has 1 saturated heterocycles. The topological polar surface area (TPSA) is 122 Å². The molecule has 2 aromatic heterocycles. The average Bonchev–Trinajstić information content (AvgIpc) is 3.19. The second-order valence-electron chi connectivity index (χ2n) is 9.28. The third-order valence-corrected chi connectivity index (χ3v) is 7.04. The van der Waals surface area contributed by atoms with Crippen molar-refractivity contribution in [3.8, 4) is 0 Å². The summed E-state index contributed by atoms with van der Waals surface area (Å²) in [5.74, 6) is 1.30. The number of amides is 2. The fourth-order valence-electron chi connectivity index (χ4n) is 5.39. The van der Waals surface area contributed by atoms with Crippen molar-refractivity contribution in [2.75, 3.05) is 5.32 Å². The van der Waals surface area contributed by atoms with Crippen molar-refractivity contribution in [3.05, 3.63) is 48.3 Å². The summed E-state index contributed by atoms with van der Waals surface area (Å²) < 4.78 is 0. The van der Waals surface area contributed by atoms with Gasteiger partial charge in [-0.15, -0.1) is 0 Å². The largest absolute Gasteiger partial charge is 0.353 e. The molecule has 2 N–H and O–H groups in total. The number of aromatic nitrogens is 3. The maximum atomic E-state index is 12.1. The molecule has 1 saturated carbocycles. The van der Waals surface area contributed by atoms with Crippen LogP contribution < -0.4 is 10.6 Å². The van der Waals surface area contributed by atoms with E-state index in [0.717, 1.165) is 49.2 Å². The summed E-state index contributed by atoms with van der Waals surface area (Å²) in [6, 6.07) is 5.78. The summed E-state index contributed by atoms with van der Waals surface area (Å²) in [4.78, 5) is 37.5. The minimum absolute atomic E-state index is 0.0153. The van der Waals surface area contributed by atoms with E-state index in [1.807, 2.05) is 19.1 Å². The second-order valence-corrected chi connectivity index (χ2v) is 9.28. The van der Waals surface area contributed by atoms with Crippen LogP contribution in [0.2, 0.25) is 0 Å². The molecule has 0 aromatic carbocycles. The van der Waals surface area contributed by atoms with Crippen LogP contribution in [0.1, 0.15) is 63.4 Å². The first kappa shape index (κ1) is 22.3. The van der Waals surface area contributed by atoms with Gasteiger partial charge in [0.05, 0.1) is 23.3 Å². The molecule has 0 spiro atoms. The van der Waals surface area contributed by atoms with Crippen molar-refractivity contribution >= 4 is 28.9 Å². The molecule has 4 atom stereocenters. The lowest BCUT2D eigenvalue weighted by atomic mass is 9.72. The number of fused-ring (bicyclic) bond motifs is 2. The minimum Gasteiger partial charge on any atom is -0.353 e. The van der Waals surface area contributed by atoms with Crippen LogP contribution in [0.15, 0.2) is 47.0 Å². The SMILES string of the molecule is CCCC(=O)Nc1ccc(C2=NN=C(c3ncccn3)C3CCC4NC(=O)CC4CCC23)nc1. The van der Waals surface area contributed by atoms with Gasteiger partial charge in [-0.05, 0) is 56.2 Å². The minimum atomic E-state index is -0.0153. The summed E-state index contributed by atoms with van der Waals surface area (Å²) >= 11 is 0. The Hall–Kier alpha value is -3.49. The number of hydrogen-bond donors (Lipinski definition) is 2. The van der Waals surface area contributed by atoms with E-state index >= 15 is 0 Å². The van der Waals surface area contributed by atoms with Gasteiger partial charge >= 0.3 is 0 Å². The normalized spacial score (nSPS) is 26.2. The Labute approximate surface area is 198 Å². The number of pyridine rings is 1. The third-order valence-electron chi connectivity index (χ3n) is 7.04. The molecular formula is C25H29N7O2. The number of nitrogens with one attached hydrogen (secondary N) is 2. The van der Waals surface area contributed by atoms with Crippen LogP contribution in [0.5, 0.6) is 0 Å². The van der Waals surface area contributed by atoms with E-state index in [2.05, 4.69) is 35.8 Å². The van der Waals surface area contributed by atoms with E-state index in [4.69, 9.17) is 0 Å². The van der Waals surface area contributed by atoms with E-state index in [1.54, 1.807) is 24.7 Å². The number of carbonyl (C=O) groups excluding carboxylic acids is 2. The lowest BCUT2D eigenvalue weighted by Crippen LogP contribution is -2.40. The van der Waals surface area contributed by atoms with E-state index in [0.29, 0.717) is 30.3 Å². The van der Waals surface area contributed by atoms with Crippen LogP contribution in [0, 0.1) is 17.8 Å². The van der Waals surface area contributed by atoms with E-state index in [9.17, 15) is 9.59 Å². The summed E-state index contributed by atoms with van der Waals surface area (Å²) in [6.45, 7) is 1.97. The zero-order valence-electron chi connectivity index (χ0n) is 19.3. The van der Waals surface area contributed by atoms with Crippen LogP contribution in [0.25, 0.3) is 0 Å². The summed E-state index contributed by atoms with van der Waals surface area (Å²) in [6.07, 6.45) is 10.6. The van der Waals surface area contributed by atoms with Crippen LogP contribution >= 0.6 is 0 Å². The zero-order valence-corrected chi connectivity index (χ0v) is 19.3. The molecule has 0 radical (unpaired) electrons. The molecule has 4 heterocycles. The molecule has 9 heteroatoms. The summed E-state index contributed by atoms with van der Waals surface area (Å²) in [5.41, 5.74) is 3.10. The van der Waals surface area contributed by atoms with Crippen LogP contribution in [-0.2, 0) is 9.59 Å². The van der Waals surface area contributed by atoms with Crippen molar-refractivity contribution in [3.63, 3.8) is 0 Å². The maximum Gasteiger partial charge on any atom is 0.224 e. The van der Waals surface area contributed by atoms with Gasteiger partial charge in [0.2, 0.25) is 11.8 Å². The molecule has 34 heavy (non-hydrogen) atoms. The molecule has 1 aliphatic carbocycles. The van der Waals surface area contributed by atoms with Gasteiger partial charge in [0.15, 0.2) is 5.82 Å². The Bertz CT molecular complexity index is 1110. The summed E-state index contributed by atoms with van der Waals surface area (Å²) in [5, 5.41) is 15.3. The monoisotopic (exact) mass is 459 g/mol. The van der Waals surface area contributed by atoms with E-state index in [1.165, 1.54) is 0 Å². The van der Waals surface area contributed by atoms with Crippen molar-refractivity contribution in [2.45, 2.75) is 57.9 Å². The van der Waals surface area contributed by atoms with E-state index in [-0.39, 0.29) is 29.7 Å². The fraction of sp³-hybridized carbons (Fsp3) is 0.480. The lowest BCUT2D eigenvalue weighted by Gasteiger charge is -2.35. The Morgan fingerprint density at radius 1 is 1.03 bits per heavy atom. The predicted molar refractivity (Wildman–Crippen MR) is 128 cm³/mol. The highest BCUT2D eigenvalue weighted by Gasteiger charge is 2.42. The number of anilines is 1. The highest BCUT2D eigenvalue weighted by atomic mass is 16.2. The molecule has 176 valence electrons. The third kappa shape index (κ3) is 4.60. The quantitative estimate of drug-likeness (QED) is 0.711.